The number of nitrogens with zero attached hydrogens (tertiary/aromatic N) is 1. The molecule has 1 aliphatic rings. The number of nitrogens with one attached hydrogen (secondary N) is 1. The van der Waals surface area contributed by atoms with E-state index in [9.17, 15) is 8.42 Å². The molecule has 19 heavy (non-hydrogen) atoms. The first kappa shape index (κ1) is 14.3. The van der Waals surface area contributed by atoms with Crippen molar-refractivity contribution in [2.45, 2.75) is 24.3 Å². The average Bonchev–Trinajstić information content (AvgIpc) is 2.38. The number of morpholine rings is 1. The van der Waals surface area contributed by atoms with Crippen molar-refractivity contribution in [2.24, 2.45) is 0 Å². The van der Waals surface area contributed by atoms with E-state index in [1.54, 1.807) is 31.3 Å². The molecule has 0 aromatic heterocycles. The molecule has 1 aromatic carbocycles. The van der Waals surface area contributed by atoms with Gasteiger partial charge in [0.05, 0.1) is 23.6 Å². The summed E-state index contributed by atoms with van der Waals surface area (Å²) in [6, 6.07) is 6.79. The molecule has 0 saturated carbocycles. The lowest BCUT2D eigenvalue weighted by Crippen LogP contribution is -2.55. The Bertz CT molecular complexity index is 538. The molecule has 0 bridgehead atoms. The highest BCUT2D eigenvalue weighted by Crippen LogP contribution is 2.27. The topological polar surface area (TPSA) is 58.6 Å². The first-order chi connectivity index (χ1) is 8.88. The van der Waals surface area contributed by atoms with Gasteiger partial charge in [-0.3, -0.25) is 0 Å². The van der Waals surface area contributed by atoms with E-state index < -0.39 is 15.6 Å². The molecule has 1 N–H and O–H groups in total. The van der Waals surface area contributed by atoms with Crippen LogP contribution in [0.15, 0.2) is 29.2 Å². The second-order valence-electron chi connectivity index (χ2n) is 5.22. The van der Waals surface area contributed by atoms with Gasteiger partial charge in [0.15, 0.2) is 0 Å². The summed E-state index contributed by atoms with van der Waals surface area (Å²) < 4.78 is 32.2. The normalized spacial score (nSPS) is 20.2. The van der Waals surface area contributed by atoms with Crippen LogP contribution in [-0.4, -0.2) is 45.1 Å². The van der Waals surface area contributed by atoms with Crippen LogP contribution in [0.2, 0.25) is 0 Å². The molecule has 5 nitrogen and oxygen atoms in total. The molecular formula is C13H20N2O3S. The first-order valence-corrected chi connectivity index (χ1v) is 7.70. The number of hydrogen-bond acceptors (Lipinski definition) is 4. The summed E-state index contributed by atoms with van der Waals surface area (Å²) in [7, 11) is -1.67. The van der Waals surface area contributed by atoms with Gasteiger partial charge >= 0.3 is 0 Å². The maximum Gasteiger partial charge on any atom is 0.243 e. The van der Waals surface area contributed by atoms with E-state index in [0.29, 0.717) is 24.7 Å². The highest BCUT2D eigenvalue weighted by molar-refractivity contribution is 7.89. The maximum atomic E-state index is 12.7. The highest BCUT2D eigenvalue weighted by Gasteiger charge is 2.39. The fourth-order valence-electron chi connectivity index (χ4n) is 2.21. The molecule has 1 heterocycles. The summed E-state index contributed by atoms with van der Waals surface area (Å²) in [6.07, 6.45) is 0. The lowest BCUT2D eigenvalue weighted by Gasteiger charge is -2.40. The number of anilines is 1. The van der Waals surface area contributed by atoms with Gasteiger partial charge in [-0.15, -0.1) is 0 Å². The Labute approximate surface area is 114 Å². The molecule has 1 aliphatic heterocycles. The van der Waals surface area contributed by atoms with Gasteiger partial charge in [0.2, 0.25) is 10.0 Å². The zero-order valence-corrected chi connectivity index (χ0v) is 12.3. The van der Waals surface area contributed by atoms with Crippen molar-refractivity contribution >= 4 is 15.7 Å². The van der Waals surface area contributed by atoms with Crippen molar-refractivity contribution in [3.05, 3.63) is 24.3 Å². The molecule has 0 atom stereocenters. The summed E-state index contributed by atoms with van der Waals surface area (Å²) >= 11 is 0. The van der Waals surface area contributed by atoms with Crippen LogP contribution in [0, 0.1) is 0 Å². The van der Waals surface area contributed by atoms with Gasteiger partial charge in [-0.1, -0.05) is 0 Å². The Morgan fingerprint density at radius 2 is 1.89 bits per heavy atom. The van der Waals surface area contributed by atoms with Crippen LogP contribution in [0.5, 0.6) is 0 Å². The Morgan fingerprint density at radius 1 is 1.26 bits per heavy atom. The Kier molecular flexibility index (Phi) is 3.85. The highest BCUT2D eigenvalue weighted by atomic mass is 32.2. The van der Waals surface area contributed by atoms with Gasteiger partial charge in [0.25, 0.3) is 0 Å². The van der Waals surface area contributed by atoms with E-state index in [0.717, 1.165) is 5.69 Å². The second-order valence-corrected chi connectivity index (χ2v) is 7.08. The monoisotopic (exact) mass is 284 g/mol. The molecule has 1 aromatic rings. The first-order valence-electron chi connectivity index (χ1n) is 6.26. The molecular weight excluding hydrogens is 264 g/mol. The third kappa shape index (κ3) is 2.75. The van der Waals surface area contributed by atoms with Crippen LogP contribution in [0.4, 0.5) is 5.69 Å². The molecule has 6 heteroatoms. The summed E-state index contributed by atoms with van der Waals surface area (Å²) in [6.45, 7) is 5.01. The van der Waals surface area contributed by atoms with Gasteiger partial charge in [0.1, 0.15) is 0 Å². The minimum Gasteiger partial charge on any atom is -0.388 e. The van der Waals surface area contributed by atoms with Crippen LogP contribution < -0.4 is 5.32 Å². The quantitative estimate of drug-likeness (QED) is 0.914. The zero-order valence-electron chi connectivity index (χ0n) is 11.5. The summed E-state index contributed by atoms with van der Waals surface area (Å²) in [5.74, 6) is 0. The molecule has 0 aliphatic carbocycles. The van der Waals surface area contributed by atoms with E-state index in [4.69, 9.17) is 4.74 Å². The molecule has 106 valence electrons. The predicted octanol–water partition coefficient (Wildman–Crippen LogP) is 1.53. The SMILES string of the molecule is CNc1ccc(S(=O)(=O)N2CCOCC2(C)C)cc1. The van der Waals surface area contributed by atoms with Crippen LogP contribution in [0.25, 0.3) is 0 Å². The van der Waals surface area contributed by atoms with Gasteiger partial charge in [-0.05, 0) is 38.1 Å². The third-order valence-corrected chi connectivity index (χ3v) is 5.43. The number of hydrogen-bond donors (Lipinski definition) is 1. The largest absolute Gasteiger partial charge is 0.388 e. The van der Waals surface area contributed by atoms with Crippen molar-refractivity contribution in [3.8, 4) is 0 Å². The fraction of sp³-hybridized carbons (Fsp3) is 0.538. The van der Waals surface area contributed by atoms with E-state index in [2.05, 4.69) is 5.32 Å². The number of sulfonamides is 1. The van der Waals surface area contributed by atoms with Crippen molar-refractivity contribution in [1.82, 2.24) is 4.31 Å². The zero-order chi connectivity index (χ0) is 14.1. The maximum absolute atomic E-state index is 12.7. The van der Waals surface area contributed by atoms with Crippen molar-refractivity contribution in [1.29, 1.82) is 0 Å². The van der Waals surface area contributed by atoms with Gasteiger partial charge in [-0.2, -0.15) is 4.31 Å². The Balaban J connectivity index is 2.35. The van der Waals surface area contributed by atoms with Gasteiger partial charge in [-0.25, -0.2) is 8.42 Å². The lowest BCUT2D eigenvalue weighted by molar-refractivity contribution is -0.00770. The van der Waals surface area contributed by atoms with Crippen molar-refractivity contribution in [2.75, 3.05) is 32.1 Å². The summed E-state index contributed by atoms with van der Waals surface area (Å²) in [5, 5.41) is 2.97. The molecule has 0 amide bonds. The number of ether oxygens (including phenoxy) is 1. The van der Waals surface area contributed by atoms with E-state index in [1.807, 2.05) is 13.8 Å². The van der Waals surface area contributed by atoms with Crippen LogP contribution in [-0.2, 0) is 14.8 Å². The molecule has 2 rings (SSSR count). The van der Waals surface area contributed by atoms with Crippen molar-refractivity contribution in [3.63, 3.8) is 0 Å². The molecule has 0 radical (unpaired) electrons. The lowest BCUT2D eigenvalue weighted by atomic mass is 10.1. The van der Waals surface area contributed by atoms with E-state index in [-0.39, 0.29) is 0 Å². The predicted molar refractivity (Wildman–Crippen MR) is 74.8 cm³/mol. The van der Waals surface area contributed by atoms with Gasteiger partial charge < -0.3 is 10.1 Å². The number of benzene rings is 1. The minimum absolute atomic E-state index is 0.321. The standard InChI is InChI=1S/C13H20N2O3S/c1-13(2)10-18-9-8-15(13)19(16,17)12-6-4-11(14-3)5-7-12/h4-7,14H,8-10H2,1-3H3. The second kappa shape index (κ2) is 5.11. The smallest absolute Gasteiger partial charge is 0.243 e. The van der Waals surface area contributed by atoms with Crippen LogP contribution in [0.3, 0.4) is 0 Å². The summed E-state index contributed by atoms with van der Waals surface area (Å²) in [5.41, 5.74) is 0.374. The minimum atomic E-state index is -3.47. The van der Waals surface area contributed by atoms with Crippen LogP contribution >= 0.6 is 0 Å². The Morgan fingerprint density at radius 3 is 2.42 bits per heavy atom. The molecule has 1 fully saturated rings. The molecule has 0 spiro atoms. The molecule has 1 saturated heterocycles. The third-order valence-electron chi connectivity index (χ3n) is 3.30. The Hall–Kier alpha value is -1.11. The molecule has 0 unspecified atom stereocenters. The average molecular weight is 284 g/mol. The van der Waals surface area contributed by atoms with Crippen LogP contribution in [0.1, 0.15) is 13.8 Å². The van der Waals surface area contributed by atoms with Crippen molar-refractivity contribution < 1.29 is 13.2 Å². The number of rotatable bonds is 3. The summed E-state index contributed by atoms with van der Waals surface area (Å²) in [4.78, 5) is 0.321. The van der Waals surface area contributed by atoms with E-state index in [1.165, 1.54) is 4.31 Å². The fourth-order valence-corrected chi connectivity index (χ4v) is 3.96. The van der Waals surface area contributed by atoms with Gasteiger partial charge in [0, 0.05) is 19.3 Å². The van der Waals surface area contributed by atoms with E-state index >= 15 is 0 Å².